The van der Waals surface area contributed by atoms with E-state index in [1.54, 1.807) is 7.11 Å². The molecule has 0 saturated carbocycles. The molecular weight excluding hydrogens is 316 g/mol. The molecule has 25 heavy (non-hydrogen) atoms. The normalized spacial score (nSPS) is 14.3. The molecule has 132 valence electrons. The predicted molar refractivity (Wildman–Crippen MR) is 98.5 cm³/mol. The molecule has 2 aromatic carbocycles. The third-order valence-corrected chi connectivity index (χ3v) is 4.51. The number of benzene rings is 2. The van der Waals surface area contributed by atoms with Crippen molar-refractivity contribution in [2.75, 3.05) is 44.8 Å². The summed E-state index contributed by atoms with van der Waals surface area (Å²) in [6.07, 6.45) is 0. The van der Waals surface area contributed by atoms with E-state index >= 15 is 0 Å². The van der Waals surface area contributed by atoms with E-state index < -0.39 is 0 Å². The third-order valence-electron chi connectivity index (χ3n) is 4.51. The summed E-state index contributed by atoms with van der Waals surface area (Å²) in [5, 5.41) is 0. The molecule has 0 aliphatic carbocycles. The molecule has 0 atom stereocenters. The summed E-state index contributed by atoms with van der Waals surface area (Å²) in [5.74, 6) is 1.66. The number of aryl methyl sites for hydroxylation is 1. The molecule has 5 heteroatoms. The van der Waals surface area contributed by atoms with Crippen LogP contribution in [0, 0.1) is 6.92 Å². The molecule has 0 bridgehead atoms. The van der Waals surface area contributed by atoms with E-state index in [0.29, 0.717) is 13.1 Å². The number of amides is 1. The quantitative estimate of drug-likeness (QED) is 0.839. The largest absolute Gasteiger partial charge is 0.497 e. The molecular formula is C20H24N2O3. The van der Waals surface area contributed by atoms with Gasteiger partial charge in [-0.15, -0.1) is 0 Å². The molecule has 0 spiro atoms. The van der Waals surface area contributed by atoms with Gasteiger partial charge in [0.05, 0.1) is 7.11 Å². The van der Waals surface area contributed by atoms with Gasteiger partial charge in [-0.2, -0.15) is 0 Å². The third kappa shape index (κ3) is 4.24. The van der Waals surface area contributed by atoms with Gasteiger partial charge in [0.2, 0.25) is 0 Å². The Morgan fingerprint density at radius 2 is 1.68 bits per heavy atom. The molecule has 1 amide bonds. The van der Waals surface area contributed by atoms with Crippen LogP contribution in [0.4, 0.5) is 5.69 Å². The number of rotatable bonds is 5. The number of anilines is 1. The average molecular weight is 340 g/mol. The topological polar surface area (TPSA) is 42.0 Å². The van der Waals surface area contributed by atoms with Crippen LogP contribution in [0.3, 0.4) is 0 Å². The van der Waals surface area contributed by atoms with Crippen LogP contribution in [0.2, 0.25) is 0 Å². The van der Waals surface area contributed by atoms with Crippen molar-refractivity contribution in [2.24, 2.45) is 0 Å². The SMILES string of the molecule is COc1ccc(N2CCN(C(=O)COc3ccccc3C)CC2)cc1. The van der Waals surface area contributed by atoms with E-state index in [1.165, 1.54) is 0 Å². The molecule has 1 aliphatic rings. The van der Waals surface area contributed by atoms with Gasteiger partial charge in [-0.3, -0.25) is 4.79 Å². The lowest BCUT2D eigenvalue weighted by atomic mass is 10.2. The zero-order valence-electron chi connectivity index (χ0n) is 14.8. The van der Waals surface area contributed by atoms with Gasteiger partial charge in [0.25, 0.3) is 5.91 Å². The van der Waals surface area contributed by atoms with Crippen LogP contribution >= 0.6 is 0 Å². The van der Waals surface area contributed by atoms with Crippen molar-refractivity contribution in [1.82, 2.24) is 4.90 Å². The number of carbonyl (C=O) groups excluding carboxylic acids is 1. The number of hydrogen-bond donors (Lipinski definition) is 0. The van der Waals surface area contributed by atoms with E-state index in [2.05, 4.69) is 17.0 Å². The smallest absolute Gasteiger partial charge is 0.260 e. The lowest BCUT2D eigenvalue weighted by Crippen LogP contribution is -2.50. The molecule has 0 N–H and O–H groups in total. The van der Waals surface area contributed by atoms with E-state index in [4.69, 9.17) is 9.47 Å². The minimum absolute atomic E-state index is 0.0395. The Labute approximate surface area is 148 Å². The summed E-state index contributed by atoms with van der Waals surface area (Å²) in [6, 6.07) is 15.8. The van der Waals surface area contributed by atoms with Crippen molar-refractivity contribution in [2.45, 2.75) is 6.92 Å². The first kappa shape index (κ1) is 17.1. The zero-order chi connectivity index (χ0) is 17.6. The first-order valence-electron chi connectivity index (χ1n) is 8.52. The van der Waals surface area contributed by atoms with Gasteiger partial charge in [-0.1, -0.05) is 18.2 Å². The van der Waals surface area contributed by atoms with Crippen LogP contribution in [-0.4, -0.2) is 50.7 Å². The van der Waals surface area contributed by atoms with Gasteiger partial charge in [-0.05, 0) is 42.8 Å². The van der Waals surface area contributed by atoms with Gasteiger partial charge < -0.3 is 19.3 Å². The molecule has 0 radical (unpaired) electrons. The summed E-state index contributed by atoms with van der Waals surface area (Å²) >= 11 is 0. The van der Waals surface area contributed by atoms with Crippen LogP contribution in [0.15, 0.2) is 48.5 Å². The summed E-state index contributed by atoms with van der Waals surface area (Å²) in [4.78, 5) is 16.5. The summed E-state index contributed by atoms with van der Waals surface area (Å²) in [5.41, 5.74) is 2.20. The molecule has 0 unspecified atom stereocenters. The maximum atomic E-state index is 12.4. The number of ether oxygens (including phenoxy) is 2. The van der Waals surface area contributed by atoms with Gasteiger partial charge in [0, 0.05) is 31.9 Å². The summed E-state index contributed by atoms with van der Waals surface area (Å²) in [6.45, 7) is 5.13. The van der Waals surface area contributed by atoms with E-state index in [9.17, 15) is 4.79 Å². The number of piperazine rings is 1. The first-order chi connectivity index (χ1) is 12.2. The Balaban J connectivity index is 1.49. The fourth-order valence-corrected chi connectivity index (χ4v) is 2.96. The molecule has 3 rings (SSSR count). The average Bonchev–Trinajstić information content (AvgIpc) is 2.67. The number of nitrogens with zero attached hydrogens (tertiary/aromatic N) is 2. The second-order valence-corrected chi connectivity index (χ2v) is 6.12. The Bertz CT molecular complexity index is 707. The van der Waals surface area contributed by atoms with Crippen LogP contribution in [0.25, 0.3) is 0 Å². The maximum Gasteiger partial charge on any atom is 0.260 e. The second kappa shape index (κ2) is 7.92. The molecule has 1 heterocycles. The predicted octanol–water partition coefficient (Wildman–Crippen LogP) is 2.73. The number of para-hydroxylation sites is 1. The monoisotopic (exact) mass is 340 g/mol. The summed E-state index contributed by atoms with van der Waals surface area (Å²) < 4.78 is 10.9. The minimum atomic E-state index is 0.0395. The Morgan fingerprint density at radius 3 is 2.32 bits per heavy atom. The lowest BCUT2D eigenvalue weighted by molar-refractivity contribution is -0.133. The molecule has 1 saturated heterocycles. The summed E-state index contributed by atoms with van der Waals surface area (Å²) in [7, 11) is 1.67. The lowest BCUT2D eigenvalue weighted by Gasteiger charge is -2.36. The van der Waals surface area contributed by atoms with Crippen LogP contribution in [0.1, 0.15) is 5.56 Å². The maximum absolute atomic E-state index is 12.4. The van der Waals surface area contributed by atoms with Crippen molar-refractivity contribution in [3.63, 3.8) is 0 Å². The highest BCUT2D eigenvalue weighted by molar-refractivity contribution is 5.78. The molecule has 1 fully saturated rings. The second-order valence-electron chi connectivity index (χ2n) is 6.12. The number of carbonyl (C=O) groups is 1. The number of hydrogen-bond acceptors (Lipinski definition) is 4. The van der Waals surface area contributed by atoms with E-state index in [1.807, 2.05) is 48.2 Å². The van der Waals surface area contributed by atoms with E-state index in [0.717, 1.165) is 35.8 Å². The zero-order valence-corrected chi connectivity index (χ0v) is 14.8. The van der Waals surface area contributed by atoms with Crippen molar-refractivity contribution >= 4 is 11.6 Å². The van der Waals surface area contributed by atoms with Gasteiger partial charge in [0.1, 0.15) is 11.5 Å². The van der Waals surface area contributed by atoms with E-state index in [-0.39, 0.29) is 12.5 Å². The van der Waals surface area contributed by atoms with Gasteiger partial charge >= 0.3 is 0 Å². The van der Waals surface area contributed by atoms with Gasteiger partial charge in [0.15, 0.2) is 6.61 Å². The fourth-order valence-electron chi connectivity index (χ4n) is 2.96. The highest BCUT2D eigenvalue weighted by atomic mass is 16.5. The Kier molecular flexibility index (Phi) is 5.43. The Hall–Kier alpha value is -2.69. The highest BCUT2D eigenvalue weighted by Gasteiger charge is 2.21. The Morgan fingerprint density at radius 1 is 1.00 bits per heavy atom. The van der Waals surface area contributed by atoms with Crippen molar-refractivity contribution in [3.05, 3.63) is 54.1 Å². The minimum Gasteiger partial charge on any atom is -0.497 e. The van der Waals surface area contributed by atoms with Crippen LogP contribution in [0.5, 0.6) is 11.5 Å². The molecule has 2 aromatic rings. The molecule has 5 nitrogen and oxygen atoms in total. The van der Waals surface area contributed by atoms with Crippen LogP contribution < -0.4 is 14.4 Å². The van der Waals surface area contributed by atoms with Crippen molar-refractivity contribution in [3.8, 4) is 11.5 Å². The number of methoxy groups -OCH3 is 1. The van der Waals surface area contributed by atoms with Gasteiger partial charge in [-0.25, -0.2) is 0 Å². The van der Waals surface area contributed by atoms with Crippen LogP contribution in [-0.2, 0) is 4.79 Å². The highest BCUT2D eigenvalue weighted by Crippen LogP contribution is 2.21. The van der Waals surface area contributed by atoms with Crippen molar-refractivity contribution < 1.29 is 14.3 Å². The fraction of sp³-hybridized carbons (Fsp3) is 0.350. The molecule has 1 aliphatic heterocycles. The standard InChI is InChI=1S/C20H24N2O3/c1-16-5-3-4-6-19(16)25-15-20(23)22-13-11-21(12-14-22)17-7-9-18(24-2)10-8-17/h3-10H,11-15H2,1-2H3. The molecule has 0 aromatic heterocycles. The van der Waals surface area contributed by atoms with Crippen molar-refractivity contribution in [1.29, 1.82) is 0 Å². The first-order valence-corrected chi connectivity index (χ1v) is 8.52.